The molecule has 21 heavy (non-hydrogen) atoms. The lowest BCUT2D eigenvalue weighted by molar-refractivity contribution is -0.136. The molecular weight excluding hydrogens is 275 g/mol. The van der Waals surface area contributed by atoms with E-state index in [0.29, 0.717) is 23.9 Å². The van der Waals surface area contributed by atoms with Crippen LogP contribution in [0.15, 0.2) is 48.5 Å². The van der Waals surface area contributed by atoms with E-state index in [9.17, 15) is 9.18 Å². The molecule has 0 spiro atoms. The zero-order valence-electron chi connectivity index (χ0n) is 11.5. The van der Waals surface area contributed by atoms with Gasteiger partial charge >= 0.3 is 5.97 Å². The quantitative estimate of drug-likeness (QED) is 0.605. The number of ether oxygens (including phenoxy) is 3. The van der Waals surface area contributed by atoms with Gasteiger partial charge in [-0.05, 0) is 43.3 Å². The monoisotopic (exact) mass is 290 g/mol. The number of rotatable bonds is 6. The molecule has 5 heteroatoms. The summed E-state index contributed by atoms with van der Waals surface area (Å²) in [5, 5.41) is 0. The van der Waals surface area contributed by atoms with Crippen LogP contribution in [0.5, 0.6) is 17.2 Å². The van der Waals surface area contributed by atoms with Crippen LogP contribution in [0.3, 0.4) is 0 Å². The molecule has 0 aliphatic rings. The maximum absolute atomic E-state index is 12.7. The summed E-state index contributed by atoms with van der Waals surface area (Å²) in [7, 11) is 0. The Morgan fingerprint density at radius 2 is 1.67 bits per heavy atom. The van der Waals surface area contributed by atoms with Crippen molar-refractivity contribution < 1.29 is 23.4 Å². The molecule has 2 aromatic rings. The number of hydrogen-bond acceptors (Lipinski definition) is 4. The van der Waals surface area contributed by atoms with E-state index in [-0.39, 0.29) is 12.4 Å². The van der Waals surface area contributed by atoms with E-state index in [4.69, 9.17) is 14.2 Å². The first-order valence-corrected chi connectivity index (χ1v) is 6.50. The Bertz CT molecular complexity index is 595. The number of esters is 1. The van der Waals surface area contributed by atoms with E-state index in [0.717, 1.165) is 0 Å². The third-order valence-corrected chi connectivity index (χ3v) is 2.54. The SMILES string of the molecule is CCOc1ccccc1OC(=O)COc1ccc(F)cc1. The number of para-hydroxylation sites is 2. The number of benzene rings is 2. The van der Waals surface area contributed by atoms with Crippen molar-refractivity contribution in [2.24, 2.45) is 0 Å². The van der Waals surface area contributed by atoms with Crippen molar-refractivity contribution >= 4 is 5.97 Å². The van der Waals surface area contributed by atoms with E-state index in [1.807, 2.05) is 6.92 Å². The van der Waals surface area contributed by atoms with Crippen LogP contribution in [0.1, 0.15) is 6.92 Å². The molecule has 0 atom stereocenters. The summed E-state index contributed by atoms with van der Waals surface area (Å²) >= 11 is 0. The molecule has 0 saturated heterocycles. The highest BCUT2D eigenvalue weighted by molar-refractivity contribution is 5.74. The second-order valence-corrected chi connectivity index (χ2v) is 4.10. The Labute approximate surface area is 122 Å². The summed E-state index contributed by atoms with van der Waals surface area (Å²) in [6.45, 7) is 2.04. The minimum atomic E-state index is -0.563. The maximum atomic E-state index is 12.7. The molecule has 2 rings (SSSR count). The summed E-state index contributed by atoms with van der Waals surface area (Å²) < 4.78 is 28.5. The van der Waals surface area contributed by atoms with Crippen LogP contribution >= 0.6 is 0 Å². The lowest BCUT2D eigenvalue weighted by Crippen LogP contribution is -2.18. The van der Waals surface area contributed by atoms with Crippen molar-refractivity contribution in [2.45, 2.75) is 6.92 Å². The maximum Gasteiger partial charge on any atom is 0.349 e. The van der Waals surface area contributed by atoms with Crippen LogP contribution < -0.4 is 14.2 Å². The molecule has 0 saturated carbocycles. The molecule has 4 nitrogen and oxygen atoms in total. The van der Waals surface area contributed by atoms with Crippen LogP contribution in [0, 0.1) is 5.82 Å². The van der Waals surface area contributed by atoms with E-state index in [1.165, 1.54) is 24.3 Å². The van der Waals surface area contributed by atoms with Crippen molar-refractivity contribution in [2.75, 3.05) is 13.2 Å². The van der Waals surface area contributed by atoms with Crippen LogP contribution in [-0.4, -0.2) is 19.2 Å². The number of hydrogen-bond donors (Lipinski definition) is 0. The average Bonchev–Trinajstić information content (AvgIpc) is 2.49. The third kappa shape index (κ3) is 4.49. The van der Waals surface area contributed by atoms with Gasteiger partial charge in [-0.3, -0.25) is 0 Å². The van der Waals surface area contributed by atoms with Gasteiger partial charge < -0.3 is 14.2 Å². The summed E-state index contributed by atoms with van der Waals surface area (Å²) in [5.74, 6) is 0.302. The van der Waals surface area contributed by atoms with Gasteiger partial charge in [-0.1, -0.05) is 12.1 Å². The number of carbonyl (C=O) groups is 1. The summed E-state index contributed by atoms with van der Waals surface area (Å²) in [6, 6.07) is 12.3. The summed E-state index contributed by atoms with van der Waals surface area (Å²) in [5.41, 5.74) is 0. The van der Waals surface area contributed by atoms with Gasteiger partial charge in [-0.15, -0.1) is 0 Å². The largest absolute Gasteiger partial charge is 0.490 e. The van der Waals surface area contributed by atoms with Gasteiger partial charge in [0.05, 0.1) is 6.61 Å². The highest BCUT2D eigenvalue weighted by Gasteiger charge is 2.10. The zero-order chi connectivity index (χ0) is 15.1. The van der Waals surface area contributed by atoms with E-state index in [1.54, 1.807) is 24.3 Å². The Hall–Kier alpha value is -2.56. The summed E-state index contributed by atoms with van der Waals surface area (Å²) in [4.78, 5) is 11.7. The van der Waals surface area contributed by atoms with Gasteiger partial charge in [0.1, 0.15) is 11.6 Å². The molecular formula is C16H15FO4. The minimum absolute atomic E-state index is 0.272. The Morgan fingerprint density at radius 1 is 1.00 bits per heavy atom. The average molecular weight is 290 g/mol. The third-order valence-electron chi connectivity index (χ3n) is 2.54. The molecule has 0 aliphatic carbocycles. The molecule has 110 valence electrons. The Kier molecular flexibility index (Phi) is 5.15. The van der Waals surface area contributed by atoms with Gasteiger partial charge in [0.15, 0.2) is 18.1 Å². The van der Waals surface area contributed by atoms with Crippen molar-refractivity contribution in [1.82, 2.24) is 0 Å². The lowest BCUT2D eigenvalue weighted by atomic mass is 10.3. The lowest BCUT2D eigenvalue weighted by Gasteiger charge is -2.10. The smallest absolute Gasteiger partial charge is 0.349 e. The zero-order valence-corrected chi connectivity index (χ0v) is 11.5. The number of halogens is 1. The molecule has 0 aromatic heterocycles. The fourth-order valence-electron chi connectivity index (χ4n) is 1.63. The van der Waals surface area contributed by atoms with Crippen LogP contribution in [0.4, 0.5) is 4.39 Å². The molecule has 0 amide bonds. The molecule has 2 aromatic carbocycles. The first-order chi connectivity index (χ1) is 10.2. The topological polar surface area (TPSA) is 44.8 Å². The van der Waals surface area contributed by atoms with E-state index < -0.39 is 5.97 Å². The highest BCUT2D eigenvalue weighted by atomic mass is 19.1. The Balaban J connectivity index is 1.91. The second-order valence-electron chi connectivity index (χ2n) is 4.10. The van der Waals surface area contributed by atoms with Crippen molar-refractivity contribution in [3.8, 4) is 17.2 Å². The van der Waals surface area contributed by atoms with Crippen LogP contribution in [-0.2, 0) is 4.79 Å². The molecule has 0 aliphatic heterocycles. The standard InChI is InChI=1S/C16H15FO4/c1-2-19-14-5-3-4-6-15(14)21-16(18)11-20-13-9-7-12(17)8-10-13/h3-10H,2,11H2,1H3. The van der Waals surface area contributed by atoms with Crippen molar-refractivity contribution in [3.63, 3.8) is 0 Å². The molecule has 0 radical (unpaired) electrons. The molecule has 0 fully saturated rings. The van der Waals surface area contributed by atoms with Crippen LogP contribution in [0.2, 0.25) is 0 Å². The van der Waals surface area contributed by atoms with Gasteiger partial charge in [-0.2, -0.15) is 0 Å². The van der Waals surface area contributed by atoms with Gasteiger partial charge in [0.2, 0.25) is 0 Å². The number of carbonyl (C=O) groups excluding carboxylic acids is 1. The Morgan fingerprint density at radius 3 is 2.33 bits per heavy atom. The van der Waals surface area contributed by atoms with Crippen molar-refractivity contribution in [3.05, 3.63) is 54.3 Å². The molecule has 0 unspecified atom stereocenters. The van der Waals surface area contributed by atoms with E-state index >= 15 is 0 Å². The fourth-order valence-corrected chi connectivity index (χ4v) is 1.63. The van der Waals surface area contributed by atoms with Gasteiger partial charge in [0, 0.05) is 0 Å². The molecule has 0 heterocycles. The summed E-state index contributed by atoms with van der Waals surface area (Å²) in [6.07, 6.45) is 0. The minimum Gasteiger partial charge on any atom is -0.490 e. The fraction of sp³-hybridized carbons (Fsp3) is 0.188. The van der Waals surface area contributed by atoms with E-state index in [2.05, 4.69) is 0 Å². The van der Waals surface area contributed by atoms with Gasteiger partial charge in [-0.25, -0.2) is 9.18 Å². The predicted molar refractivity (Wildman–Crippen MR) is 75.1 cm³/mol. The van der Waals surface area contributed by atoms with Gasteiger partial charge in [0.25, 0.3) is 0 Å². The second kappa shape index (κ2) is 7.28. The van der Waals surface area contributed by atoms with Crippen molar-refractivity contribution in [1.29, 1.82) is 0 Å². The van der Waals surface area contributed by atoms with Crippen LogP contribution in [0.25, 0.3) is 0 Å². The normalized spacial score (nSPS) is 10.0. The first-order valence-electron chi connectivity index (χ1n) is 6.50. The molecule has 0 bridgehead atoms. The molecule has 0 N–H and O–H groups in total. The predicted octanol–water partition coefficient (Wildman–Crippen LogP) is 3.21. The first kappa shape index (κ1) is 14.8. The highest BCUT2D eigenvalue weighted by Crippen LogP contribution is 2.26.